The topological polar surface area (TPSA) is 62.1 Å². The Morgan fingerprint density at radius 2 is 2.36 bits per heavy atom. The quantitative estimate of drug-likeness (QED) is 0.714. The molecular weight excluding hydrogens is 424 g/mol. The van der Waals surface area contributed by atoms with Crippen LogP contribution in [0.4, 0.5) is 5.00 Å². The molecule has 0 aliphatic heterocycles. The maximum absolute atomic E-state index is 12.2. The lowest BCUT2D eigenvalue weighted by molar-refractivity contribution is -0.118. The van der Waals surface area contributed by atoms with Gasteiger partial charge in [-0.2, -0.15) is 5.26 Å². The highest BCUT2D eigenvalue weighted by Crippen LogP contribution is 2.39. The van der Waals surface area contributed by atoms with E-state index in [-0.39, 0.29) is 12.5 Å². The number of rotatable bonds is 4. The number of hydrogen-bond acceptors (Lipinski definition) is 4. The maximum Gasteiger partial charge on any atom is 0.262 e. The minimum absolute atomic E-state index is 0.135. The van der Waals surface area contributed by atoms with Crippen LogP contribution in [0.3, 0.4) is 0 Å². The normalized spacial score (nSPS) is 16.0. The highest BCUT2D eigenvalue weighted by atomic mass is 79.9. The van der Waals surface area contributed by atoms with Gasteiger partial charge in [0.05, 0.1) is 10.0 Å². The lowest BCUT2D eigenvalue weighted by atomic mass is 9.89. The predicted octanol–water partition coefficient (Wildman–Crippen LogP) is 5.18. The van der Waals surface area contributed by atoms with Crippen LogP contribution in [0.1, 0.15) is 29.3 Å². The summed E-state index contributed by atoms with van der Waals surface area (Å²) in [5, 5.41) is 13.5. The Morgan fingerprint density at radius 1 is 1.56 bits per heavy atom. The van der Waals surface area contributed by atoms with Crippen LogP contribution in [-0.2, 0) is 17.6 Å². The van der Waals surface area contributed by atoms with Gasteiger partial charge < -0.3 is 10.1 Å². The standard InChI is InChI=1S/C18H16BrClN2O2S/c1-10-2-4-12-13(8-21)18(25-16(12)6-10)22-17(23)9-24-15-5-3-11(20)7-14(15)19/h3,5,7,10H,2,4,6,9H2,1H3,(H,22,23). The van der Waals surface area contributed by atoms with Crippen molar-refractivity contribution in [3.8, 4) is 11.8 Å². The number of carbonyl (C=O) groups is 1. The van der Waals surface area contributed by atoms with E-state index in [0.29, 0.717) is 31.7 Å². The number of hydrogen-bond donors (Lipinski definition) is 1. The fraction of sp³-hybridized carbons (Fsp3) is 0.333. The first-order valence-corrected chi connectivity index (χ1v) is 9.89. The highest BCUT2D eigenvalue weighted by Gasteiger charge is 2.24. The van der Waals surface area contributed by atoms with Crippen molar-refractivity contribution in [3.05, 3.63) is 43.7 Å². The van der Waals surface area contributed by atoms with Crippen LogP contribution >= 0.6 is 38.9 Å². The largest absolute Gasteiger partial charge is 0.483 e. The van der Waals surface area contributed by atoms with Gasteiger partial charge in [-0.15, -0.1) is 11.3 Å². The van der Waals surface area contributed by atoms with E-state index in [1.165, 1.54) is 16.2 Å². The van der Waals surface area contributed by atoms with Gasteiger partial charge >= 0.3 is 0 Å². The van der Waals surface area contributed by atoms with Crippen molar-refractivity contribution in [2.45, 2.75) is 26.2 Å². The zero-order chi connectivity index (χ0) is 18.0. The summed E-state index contributed by atoms with van der Waals surface area (Å²) in [5.74, 6) is 0.871. The Bertz CT molecular complexity index is 859. The summed E-state index contributed by atoms with van der Waals surface area (Å²) < 4.78 is 6.21. The molecule has 0 bridgehead atoms. The molecule has 1 aromatic carbocycles. The molecule has 0 fully saturated rings. The third-order valence-corrected chi connectivity index (χ3v) is 6.15. The summed E-state index contributed by atoms with van der Waals surface area (Å²) in [5.41, 5.74) is 1.70. The minimum atomic E-state index is -0.287. The van der Waals surface area contributed by atoms with Gasteiger partial charge in [0.15, 0.2) is 6.61 Å². The molecule has 1 N–H and O–H groups in total. The molecule has 3 rings (SSSR count). The van der Waals surface area contributed by atoms with Gasteiger partial charge in [0.25, 0.3) is 5.91 Å². The van der Waals surface area contributed by atoms with Gasteiger partial charge in [-0.1, -0.05) is 18.5 Å². The molecule has 1 aromatic heterocycles. The van der Waals surface area contributed by atoms with Crippen molar-refractivity contribution in [2.24, 2.45) is 5.92 Å². The first-order valence-electron chi connectivity index (χ1n) is 7.90. The van der Waals surface area contributed by atoms with Crippen LogP contribution in [0.25, 0.3) is 0 Å². The molecule has 1 aliphatic rings. The molecule has 1 heterocycles. The van der Waals surface area contributed by atoms with Crippen molar-refractivity contribution in [3.63, 3.8) is 0 Å². The molecule has 130 valence electrons. The molecule has 25 heavy (non-hydrogen) atoms. The first-order chi connectivity index (χ1) is 12.0. The fourth-order valence-electron chi connectivity index (χ4n) is 2.86. The van der Waals surface area contributed by atoms with Gasteiger partial charge in [0.1, 0.15) is 16.8 Å². The van der Waals surface area contributed by atoms with Gasteiger partial charge in [-0.05, 0) is 64.9 Å². The fourth-order valence-corrected chi connectivity index (χ4v) is 5.03. The van der Waals surface area contributed by atoms with Gasteiger partial charge in [-0.25, -0.2) is 0 Å². The van der Waals surface area contributed by atoms with Crippen LogP contribution in [-0.4, -0.2) is 12.5 Å². The molecule has 1 amide bonds. The van der Waals surface area contributed by atoms with Gasteiger partial charge in [0.2, 0.25) is 0 Å². The Kier molecular flexibility index (Phi) is 5.67. The molecule has 1 atom stereocenters. The number of halogens is 2. The van der Waals surface area contributed by atoms with Crippen molar-refractivity contribution in [1.82, 2.24) is 0 Å². The van der Waals surface area contributed by atoms with Crippen LogP contribution in [0.2, 0.25) is 5.02 Å². The van der Waals surface area contributed by atoms with E-state index in [9.17, 15) is 10.1 Å². The number of nitrogens with one attached hydrogen (secondary N) is 1. The van der Waals surface area contributed by atoms with E-state index in [2.05, 4.69) is 34.2 Å². The molecular formula is C18H16BrClN2O2S. The Labute approximate surface area is 163 Å². The number of carbonyl (C=O) groups excluding carboxylic acids is 1. The third-order valence-electron chi connectivity index (χ3n) is 4.13. The van der Waals surface area contributed by atoms with E-state index in [1.54, 1.807) is 18.2 Å². The summed E-state index contributed by atoms with van der Waals surface area (Å²) >= 11 is 10.7. The molecule has 1 aliphatic carbocycles. The Hall–Kier alpha value is -1.55. The Balaban J connectivity index is 1.68. The highest BCUT2D eigenvalue weighted by molar-refractivity contribution is 9.10. The number of amides is 1. The molecule has 0 saturated heterocycles. The number of benzene rings is 1. The van der Waals surface area contributed by atoms with E-state index < -0.39 is 0 Å². The van der Waals surface area contributed by atoms with Crippen LogP contribution in [0.15, 0.2) is 22.7 Å². The van der Waals surface area contributed by atoms with E-state index in [1.807, 2.05) is 0 Å². The monoisotopic (exact) mass is 438 g/mol. The number of ether oxygens (including phenoxy) is 1. The molecule has 2 aromatic rings. The molecule has 1 unspecified atom stereocenters. The maximum atomic E-state index is 12.2. The molecule has 0 radical (unpaired) electrons. The summed E-state index contributed by atoms with van der Waals surface area (Å²) in [4.78, 5) is 13.4. The van der Waals surface area contributed by atoms with Crippen molar-refractivity contribution in [1.29, 1.82) is 5.26 Å². The second-order valence-electron chi connectivity index (χ2n) is 6.08. The molecule has 4 nitrogen and oxygen atoms in total. The predicted molar refractivity (Wildman–Crippen MR) is 103 cm³/mol. The lowest BCUT2D eigenvalue weighted by Gasteiger charge is -2.17. The Morgan fingerprint density at radius 3 is 3.08 bits per heavy atom. The van der Waals surface area contributed by atoms with Crippen LogP contribution in [0, 0.1) is 17.2 Å². The molecule has 7 heteroatoms. The third kappa shape index (κ3) is 4.17. The second-order valence-corrected chi connectivity index (χ2v) is 8.48. The van der Waals surface area contributed by atoms with Gasteiger partial charge in [0, 0.05) is 9.90 Å². The zero-order valence-electron chi connectivity index (χ0n) is 13.6. The SMILES string of the molecule is CC1CCc2c(sc(NC(=O)COc3ccc(Cl)cc3Br)c2C#N)C1. The first kappa shape index (κ1) is 18.2. The lowest BCUT2D eigenvalue weighted by Crippen LogP contribution is -2.20. The second kappa shape index (κ2) is 7.77. The van der Waals surface area contributed by atoms with Crippen molar-refractivity contribution < 1.29 is 9.53 Å². The molecule has 0 saturated carbocycles. The van der Waals surface area contributed by atoms with E-state index >= 15 is 0 Å². The number of anilines is 1. The van der Waals surface area contributed by atoms with E-state index in [0.717, 1.165) is 24.8 Å². The summed E-state index contributed by atoms with van der Waals surface area (Å²) in [6.45, 7) is 2.08. The number of thiophene rings is 1. The number of fused-ring (bicyclic) bond motifs is 1. The molecule has 0 spiro atoms. The summed E-state index contributed by atoms with van der Waals surface area (Å²) in [6, 6.07) is 7.35. The summed E-state index contributed by atoms with van der Waals surface area (Å²) in [7, 11) is 0. The van der Waals surface area contributed by atoms with Crippen molar-refractivity contribution >= 4 is 49.8 Å². The smallest absolute Gasteiger partial charge is 0.262 e. The summed E-state index contributed by atoms with van der Waals surface area (Å²) in [6.07, 6.45) is 2.96. The zero-order valence-corrected chi connectivity index (χ0v) is 16.7. The minimum Gasteiger partial charge on any atom is -0.483 e. The van der Waals surface area contributed by atoms with Crippen LogP contribution < -0.4 is 10.1 Å². The van der Waals surface area contributed by atoms with E-state index in [4.69, 9.17) is 16.3 Å². The average Bonchev–Trinajstić information content (AvgIpc) is 2.89. The van der Waals surface area contributed by atoms with Crippen molar-refractivity contribution in [2.75, 3.05) is 11.9 Å². The number of nitrogens with zero attached hydrogens (tertiary/aromatic N) is 1. The van der Waals surface area contributed by atoms with Gasteiger partial charge in [-0.3, -0.25) is 4.79 Å². The van der Waals surface area contributed by atoms with Crippen LogP contribution in [0.5, 0.6) is 5.75 Å². The number of nitriles is 1. The average molecular weight is 440 g/mol.